The molecule has 2 rings (SSSR count). The summed E-state index contributed by atoms with van der Waals surface area (Å²) in [5.74, 6) is -0.235. The van der Waals surface area contributed by atoms with Crippen LogP contribution in [0.5, 0.6) is 0 Å². The Morgan fingerprint density at radius 1 is 1.06 bits per heavy atom. The van der Waals surface area contributed by atoms with Crippen molar-refractivity contribution in [3.8, 4) is 0 Å². The lowest BCUT2D eigenvalue weighted by Crippen LogP contribution is -2.04. The summed E-state index contributed by atoms with van der Waals surface area (Å²) in [6.45, 7) is 0.386. The fraction of sp³-hybridized carbons (Fsp3) is 0.0769. The Labute approximate surface area is 122 Å². The van der Waals surface area contributed by atoms with Gasteiger partial charge < -0.3 is 11.1 Å². The molecule has 2 aromatic rings. The van der Waals surface area contributed by atoms with Crippen LogP contribution in [-0.2, 0) is 6.54 Å². The van der Waals surface area contributed by atoms with Gasteiger partial charge >= 0.3 is 0 Å². The van der Waals surface area contributed by atoms with Gasteiger partial charge in [0.15, 0.2) is 0 Å². The Morgan fingerprint density at radius 3 is 2.44 bits per heavy atom. The van der Waals surface area contributed by atoms with Crippen LogP contribution in [0, 0.1) is 5.82 Å². The summed E-state index contributed by atoms with van der Waals surface area (Å²) >= 11 is 6.66. The minimum atomic E-state index is -0.235. The van der Waals surface area contributed by atoms with Gasteiger partial charge in [0, 0.05) is 21.1 Å². The zero-order valence-corrected chi connectivity index (χ0v) is 12.6. The average Bonchev–Trinajstić information content (AvgIpc) is 2.32. The molecule has 0 heterocycles. The molecule has 2 aromatic carbocycles. The first-order valence-electron chi connectivity index (χ1n) is 5.29. The summed E-state index contributed by atoms with van der Waals surface area (Å²) in [6.07, 6.45) is 0. The van der Waals surface area contributed by atoms with Crippen LogP contribution in [0.1, 0.15) is 5.56 Å². The summed E-state index contributed by atoms with van der Waals surface area (Å²) in [5.41, 5.74) is 7.86. The van der Waals surface area contributed by atoms with Crippen molar-refractivity contribution in [2.45, 2.75) is 6.54 Å². The second kappa shape index (κ2) is 5.71. The van der Waals surface area contributed by atoms with E-state index in [4.69, 9.17) is 5.73 Å². The van der Waals surface area contributed by atoms with Crippen molar-refractivity contribution in [1.82, 2.24) is 0 Å². The van der Waals surface area contributed by atoms with Crippen molar-refractivity contribution in [3.05, 3.63) is 56.7 Å². The highest BCUT2D eigenvalue weighted by molar-refractivity contribution is 9.10. The molecule has 0 bridgehead atoms. The van der Waals surface area contributed by atoms with Crippen molar-refractivity contribution in [2.75, 3.05) is 11.1 Å². The Balaban J connectivity index is 2.13. The van der Waals surface area contributed by atoms with Crippen LogP contribution in [-0.4, -0.2) is 0 Å². The van der Waals surface area contributed by atoms with Crippen LogP contribution in [0.4, 0.5) is 15.8 Å². The lowest BCUT2D eigenvalue weighted by atomic mass is 10.2. The average molecular weight is 374 g/mol. The molecule has 0 fully saturated rings. The van der Waals surface area contributed by atoms with Crippen LogP contribution < -0.4 is 11.1 Å². The second-order valence-electron chi connectivity index (χ2n) is 3.82. The summed E-state index contributed by atoms with van der Waals surface area (Å²) in [7, 11) is 0. The van der Waals surface area contributed by atoms with Gasteiger partial charge in [-0.3, -0.25) is 0 Å². The Bertz CT molecular complexity index is 573. The molecule has 0 radical (unpaired) electrons. The molecule has 0 saturated carbocycles. The van der Waals surface area contributed by atoms with Crippen LogP contribution >= 0.6 is 31.9 Å². The van der Waals surface area contributed by atoms with E-state index in [9.17, 15) is 4.39 Å². The standard InChI is InChI=1S/C13H11Br2FN2/c14-9-1-3-11(16)8(5-9)7-18-13-4-2-10(15)6-12(13)17/h1-6,18H,7,17H2. The summed E-state index contributed by atoms with van der Waals surface area (Å²) in [4.78, 5) is 0. The Kier molecular flexibility index (Phi) is 4.24. The molecule has 0 aromatic heterocycles. The SMILES string of the molecule is Nc1cc(Br)ccc1NCc1cc(Br)ccc1F. The highest BCUT2D eigenvalue weighted by atomic mass is 79.9. The van der Waals surface area contributed by atoms with Gasteiger partial charge in [-0.15, -0.1) is 0 Å². The number of halogens is 3. The van der Waals surface area contributed by atoms with Gasteiger partial charge in [-0.05, 0) is 36.4 Å². The van der Waals surface area contributed by atoms with E-state index in [-0.39, 0.29) is 5.82 Å². The van der Waals surface area contributed by atoms with Crippen molar-refractivity contribution in [2.24, 2.45) is 0 Å². The number of anilines is 2. The number of rotatable bonds is 3. The van der Waals surface area contributed by atoms with E-state index in [2.05, 4.69) is 37.2 Å². The molecule has 3 N–H and O–H groups in total. The lowest BCUT2D eigenvalue weighted by molar-refractivity contribution is 0.612. The predicted molar refractivity (Wildman–Crippen MR) is 80.0 cm³/mol. The molecule has 0 aliphatic carbocycles. The number of hydrogen-bond acceptors (Lipinski definition) is 2. The Morgan fingerprint density at radius 2 is 1.72 bits per heavy atom. The van der Waals surface area contributed by atoms with Gasteiger partial charge in [0.25, 0.3) is 0 Å². The number of hydrogen-bond donors (Lipinski definition) is 2. The maximum absolute atomic E-state index is 13.5. The van der Waals surface area contributed by atoms with Crippen molar-refractivity contribution in [3.63, 3.8) is 0 Å². The normalized spacial score (nSPS) is 10.4. The van der Waals surface area contributed by atoms with Gasteiger partial charge in [0.1, 0.15) is 5.82 Å². The maximum atomic E-state index is 13.5. The molecule has 2 nitrogen and oxygen atoms in total. The van der Waals surface area contributed by atoms with E-state index in [1.54, 1.807) is 18.2 Å². The quantitative estimate of drug-likeness (QED) is 0.775. The molecule has 0 amide bonds. The topological polar surface area (TPSA) is 38.0 Å². The Hall–Kier alpha value is -1.07. The zero-order valence-electron chi connectivity index (χ0n) is 9.38. The van der Waals surface area contributed by atoms with E-state index >= 15 is 0 Å². The summed E-state index contributed by atoms with van der Waals surface area (Å²) in [6, 6.07) is 10.4. The molecule has 94 valence electrons. The fourth-order valence-electron chi connectivity index (χ4n) is 1.56. The van der Waals surface area contributed by atoms with E-state index < -0.39 is 0 Å². The number of benzene rings is 2. The molecular formula is C13H11Br2FN2. The molecule has 0 spiro atoms. The predicted octanol–water partition coefficient (Wildman–Crippen LogP) is 4.55. The van der Waals surface area contributed by atoms with Gasteiger partial charge in [0.05, 0.1) is 11.4 Å². The van der Waals surface area contributed by atoms with Gasteiger partial charge in [-0.1, -0.05) is 31.9 Å². The van der Waals surface area contributed by atoms with Crippen LogP contribution in [0.2, 0.25) is 0 Å². The molecular weight excluding hydrogens is 363 g/mol. The molecule has 0 saturated heterocycles. The van der Waals surface area contributed by atoms with Crippen LogP contribution in [0.25, 0.3) is 0 Å². The number of nitrogen functional groups attached to an aromatic ring is 1. The summed E-state index contributed by atoms with van der Waals surface area (Å²) < 4.78 is 15.3. The van der Waals surface area contributed by atoms with Gasteiger partial charge in [0.2, 0.25) is 0 Å². The van der Waals surface area contributed by atoms with Gasteiger partial charge in [-0.25, -0.2) is 4.39 Å². The fourth-order valence-corrected chi connectivity index (χ4v) is 2.35. The van der Waals surface area contributed by atoms with Crippen molar-refractivity contribution in [1.29, 1.82) is 0 Å². The first kappa shape index (κ1) is 13.4. The summed E-state index contributed by atoms with van der Waals surface area (Å²) in [5, 5.41) is 3.12. The second-order valence-corrected chi connectivity index (χ2v) is 5.65. The lowest BCUT2D eigenvalue weighted by Gasteiger charge is -2.10. The molecule has 0 aliphatic heterocycles. The third kappa shape index (κ3) is 3.23. The molecule has 0 aliphatic rings. The number of nitrogens with two attached hydrogens (primary N) is 1. The minimum Gasteiger partial charge on any atom is -0.397 e. The van der Waals surface area contributed by atoms with Crippen molar-refractivity contribution < 1.29 is 4.39 Å². The molecule has 18 heavy (non-hydrogen) atoms. The van der Waals surface area contributed by atoms with E-state index in [1.165, 1.54) is 6.07 Å². The third-order valence-corrected chi connectivity index (χ3v) is 3.48. The zero-order chi connectivity index (χ0) is 13.1. The van der Waals surface area contributed by atoms with Crippen molar-refractivity contribution >= 4 is 43.2 Å². The molecule has 0 atom stereocenters. The number of nitrogens with one attached hydrogen (secondary N) is 1. The molecule has 0 unspecified atom stereocenters. The first-order chi connectivity index (χ1) is 8.56. The van der Waals surface area contributed by atoms with E-state index in [0.29, 0.717) is 17.8 Å². The smallest absolute Gasteiger partial charge is 0.128 e. The highest BCUT2D eigenvalue weighted by Gasteiger charge is 2.04. The first-order valence-corrected chi connectivity index (χ1v) is 6.87. The van der Waals surface area contributed by atoms with E-state index in [0.717, 1.165) is 14.6 Å². The molecule has 5 heteroatoms. The van der Waals surface area contributed by atoms with Crippen LogP contribution in [0.3, 0.4) is 0 Å². The van der Waals surface area contributed by atoms with Gasteiger partial charge in [-0.2, -0.15) is 0 Å². The minimum absolute atomic E-state index is 0.235. The van der Waals surface area contributed by atoms with Crippen LogP contribution in [0.15, 0.2) is 45.3 Å². The highest BCUT2D eigenvalue weighted by Crippen LogP contribution is 2.24. The van der Waals surface area contributed by atoms with E-state index in [1.807, 2.05) is 12.1 Å². The monoisotopic (exact) mass is 372 g/mol. The maximum Gasteiger partial charge on any atom is 0.128 e. The largest absolute Gasteiger partial charge is 0.397 e. The third-order valence-electron chi connectivity index (χ3n) is 2.49.